The fourth-order valence-electron chi connectivity index (χ4n) is 6.44. The molecule has 0 saturated carbocycles. The zero-order valence-electron chi connectivity index (χ0n) is 27.8. The molecule has 0 spiro atoms. The van der Waals surface area contributed by atoms with Crippen molar-refractivity contribution < 1.29 is 13.3 Å². The smallest absolute Gasteiger partial charge is 0.258 e. The number of hydrogen-bond donors (Lipinski definition) is 0. The molecule has 0 aromatic heterocycles. The molecule has 37 heavy (non-hydrogen) atoms. The molecule has 216 valence electrons. The van der Waals surface area contributed by atoms with Gasteiger partial charge in [0.1, 0.15) is 17.2 Å². The van der Waals surface area contributed by atoms with Gasteiger partial charge < -0.3 is 13.3 Å². The van der Waals surface area contributed by atoms with E-state index in [0.717, 1.165) is 22.8 Å². The highest BCUT2D eigenvalue weighted by Gasteiger charge is 2.49. The van der Waals surface area contributed by atoms with Gasteiger partial charge in [0.05, 0.1) is 0 Å². The highest BCUT2D eigenvalue weighted by atomic mass is 28.4. The van der Waals surface area contributed by atoms with Crippen molar-refractivity contribution in [2.24, 2.45) is 0 Å². The molecular weight excluding hydrogens is 505 g/mol. The number of benzene rings is 1. The van der Waals surface area contributed by atoms with Crippen LogP contribution in [-0.2, 0) is 0 Å². The summed E-state index contributed by atoms with van der Waals surface area (Å²) in [6.45, 7) is 41.9. The van der Waals surface area contributed by atoms with Crippen molar-refractivity contribution in [2.75, 3.05) is 0 Å². The van der Waals surface area contributed by atoms with E-state index in [-0.39, 0.29) is 5.04 Å². The molecule has 0 fully saturated rings. The summed E-state index contributed by atoms with van der Waals surface area (Å²) in [7, 11) is -6.35. The minimum atomic E-state index is -2.15. The van der Waals surface area contributed by atoms with Crippen molar-refractivity contribution in [3.8, 4) is 17.2 Å². The second-order valence-corrected chi connectivity index (χ2v) is 30.2. The fraction of sp³-hybridized carbons (Fsp3) is 0.806. The van der Waals surface area contributed by atoms with Crippen LogP contribution >= 0.6 is 0 Å². The third-order valence-electron chi connectivity index (χ3n) is 9.45. The molecule has 0 radical (unpaired) electrons. The molecule has 6 heteroatoms. The van der Waals surface area contributed by atoms with Gasteiger partial charge in [-0.25, -0.2) is 0 Å². The van der Waals surface area contributed by atoms with E-state index in [1.54, 1.807) is 0 Å². The topological polar surface area (TPSA) is 27.7 Å². The van der Waals surface area contributed by atoms with E-state index in [9.17, 15) is 0 Å². The second kappa shape index (κ2) is 12.2. The first-order valence-electron chi connectivity index (χ1n) is 14.8. The Morgan fingerprint density at radius 2 is 0.838 bits per heavy atom. The Balaban J connectivity index is 3.93. The molecular formula is C31H62O3Si3. The van der Waals surface area contributed by atoms with Crippen LogP contribution in [-0.4, -0.2) is 25.0 Å². The maximum Gasteiger partial charge on any atom is 0.258 e. The summed E-state index contributed by atoms with van der Waals surface area (Å²) >= 11 is 0. The SMILES string of the molecule is Cc1c(O[Si](C(C)C)(C(C)C)C(C)C)cc(O[Si](C(C)C)(C(C)C)C(C)C)cc1O[Si](C)(C)C(C)(C)C. The summed E-state index contributed by atoms with van der Waals surface area (Å²) in [6.07, 6.45) is 0. The molecule has 0 bridgehead atoms. The van der Waals surface area contributed by atoms with Crippen LogP contribution in [0, 0.1) is 6.92 Å². The fourth-order valence-corrected chi connectivity index (χ4v) is 18.0. The van der Waals surface area contributed by atoms with Crippen LogP contribution in [0.2, 0.25) is 51.4 Å². The summed E-state index contributed by atoms with van der Waals surface area (Å²) in [6, 6.07) is 4.39. The quantitative estimate of drug-likeness (QED) is 0.235. The molecule has 0 aliphatic carbocycles. The normalized spacial score (nSPS) is 14.1. The zero-order chi connectivity index (χ0) is 29.3. The Kier molecular flexibility index (Phi) is 11.3. The van der Waals surface area contributed by atoms with Gasteiger partial charge in [0.2, 0.25) is 8.32 Å². The first kappa shape index (κ1) is 34.3. The van der Waals surface area contributed by atoms with E-state index >= 15 is 0 Å². The molecule has 0 aliphatic heterocycles. The average molecular weight is 567 g/mol. The first-order chi connectivity index (χ1) is 16.6. The zero-order valence-corrected chi connectivity index (χ0v) is 30.8. The molecule has 0 N–H and O–H groups in total. The van der Waals surface area contributed by atoms with E-state index in [0.29, 0.717) is 33.2 Å². The number of rotatable bonds is 12. The molecule has 1 aromatic rings. The lowest BCUT2D eigenvalue weighted by Crippen LogP contribution is -2.51. The Morgan fingerprint density at radius 3 is 1.14 bits per heavy atom. The van der Waals surface area contributed by atoms with Gasteiger partial charge in [-0.2, -0.15) is 0 Å². The summed E-state index contributed by atoms with van der Waals surface area (Å²) in [4.78, 5) is 0. The van der Waals surface area contributed by atoms with Crippen LogP contribution in [0.4, 0.5) is 0 Å². The molecule has 1 aromatic carbocycles. The van der Waals surface area contributed by atoms with Crippen LogP contribution in [0.25, 0.3) is 0 Å². The molecule has 0 heterocycles. The molecule has 1 rings (SSSR count). The maximum atomic E-state index is 7.30. The molecule has 0 unspecified atom stereocenters. The molecule has 0 aliphatic rings. The Labute approximate surface area is 234 Å². The van der Waals surface area contributed by atoms with Crippen molar-refractivity contribution >= 4 is 25.0 Å². The standard InChI is InChI=1S/C31H62O3Si3/c1-21(2)36(22(3)4,23(5)6)32-28-19-29(33-35(17,18)31(14,15)16)27(13)30(20-28)34-37(24(7)8,25(9)10)26(11)12/h19-26H,1-18H3. The summed E-state index contributed by atoms with van der Waals surface area (Å²) < 4.78 is 21.5. The van der Waals surface area contributed by atoms with Crippen molar-refractivity contribution in [3.63, 3.8) is 0 Å². The van der Waals surface area contributed by atoms with Crippen LogP contribution in [0.15, 0.2) is 12.1 Å². The summed E-state index contributed by atoms with van der Waals surface area (Å²) in [5, 5.41) is 0.107. The predicted octanol–water partition coefficient (Wildman–Crippen LogP) is 11.5. The highest BCUT2D eigenvalue weighted by molar-refractivity contribution is 6.79. The lowest BCUT2D eigenvalue weighted by molar-refractivity contribution is 0.444. The summed E-state index contributed by atoms with van der Waals surface area (Å²) in [5.41, 5.74) is 4.10. The van der Waals surface area contributed by atoms with Gasteiger partial charge in [0.15, 0.2) is 0 Å². The van der Waals surface area contributed by atoms with Gasteiger partial charge in [-0.1, -0.05) is 104 Å². The molecule has 0 amide bonds. The van der Waals surface area contributed by atoms with Gasteiger partial charge >= 0.3 is 0 Å². The third-order valence-corrected chi connectivity index (χ3v) is 25.8. The van der Waals surface area contributed by atoms with Gasteiger partial charge in [-0.05, 0) is 58.3 Å². The average Bonchev–Trinajstić information content (AvgIpc) is 2.70. The van der Waals surface area contributed by atoms with E-state index in [4.69, 9.17) is 13.3 Å². The van der Waals surface area contributed by atoms with Crippen LogP contribution < -0.4 is 13.3 Å². The van der Waals surface area contributed by atoms with E-state index in [2.05, 4.69) is 136 Å². The predicted molar refractivity (Wildman–Crippen MR) is 172 cm³/mol. The van der Waals surface area contributed by atoms with Gasteiger partial charge in [0.25, 0.3) is 16.6 Å². The van der Waals surface area contributed by atoms with Crippen LogP contribution in [0.1, 0.15) is 109 Å². The first-order valence-corrected chi connectivity index (χ1v) is 22.0. The van der Waals surface area contributed by atoms with Crippen LogP contribution in [0.3, 0.4) is 0 Å². The minimum Gasteiger partial charge on any atom is -0.543 e. The highest BCUT2D eigenvalue weighted by Crippen LogP contribution is 2.49. The monoisotopic (exact) mass is 566 g/mol. The molecule has 0 saturated heterocycles. The van der Waals surface area contributed by atoms with Crippen LogP contribution in [0.5, 0.6) is 17.2 Å². The van der Waals surface area contributed by atoms with Gasteiger partial charge in [-0.3, -0.25) is 0 Å². The maximum absolute atomic E-state index is 7.30. The Hall–Kier alpha value is -0.729. The second-order valence-electron chi connectivity index (χ2n) is 14.7. The summed E-state index contributed by atoms with van der Waals surface area (Å²) in [5.74, 6) is 2.84. The van der Waals surface area contributed by atoms with Crippen molar-refractivity contribution in [1.82, 2.24) is 0 Å². The van der Waals surface area contributed by atoms with E-state index in [1.807, 2.05) is 0 Å². The molecule has 3 nitrogen and oxygen atoms in total. The van der Waals surface area contributed by atoms with E-state index in [1.165, 1.54) is 0 Å². The van der Waals surface area contributed by atoms with Crippen molar-refractivity contribution in [3.05, 3.63) is 17.7 Å². The number of hydrogen-bond acceptors (Lipinski definition) is 3. The Bertz CT molecular complexity index is 837. The lowest BCUT2D eigenvalue weighted by atomic mass is 10.2. The lowest BCUT2D eigenvalue weighted by Gasteiger charge is -2.44. The van der Waals surface area contributed by atoms with Crippen molar-refractivity contribution in [2.45, 2.75) is 162 Å². The Morgan fingerprint density at radius 1 is 0.541 bits per heavy atom. The van der Waals surface area contributed by atoms with Gasteiger partial charge in [0, 0.05) is 17.7 Å². The largest absolute Gasteiger partial charge is 0.543 e. The van der Waals surface area contributed by atoms with Crippen molar-refractivity contribution in [1.29, 1.82) is 0 Å². The van der Waals surface area contributed by atoms with E-state index < -0.39 is 25.0 Å². The van der Waals surface area contributed by atoms with Gasteiger partial charge in [-0.15, -0.1) is 0 Å². The third kappa shape index (κ3) is 6.89. The molecule has 0 atom stereocenters. The minimum absolute atomic E-state index is 0.107.